The average molecular weight is 357 g/mol. The molecule has 3 rings (SSSR count). The summed E-state index contributed by atoms with van der Waals surface area (Å²) in [4.78, 5) is 23.5. The second-order valence-corrected chi connectivity index (χ2v) is 6.68. The predicted molar refractivity (Wildman–Crippen MR) is 95.7 cm³/mol. The highest BCUT2D eigenvalue weighted by Crippen LogP contribution is 2.25. The topological polar surface area (TPSA) is 93.5 Å². The number of carboxylic acids is 1. The number of nitrogens with zero attached hydrogens (tertiary/aromatic N) is 2. The lowest BCUT2D eigenvalue weighted by Crippen LogP contribution is -2.38. The Morgan fingerprint density at radius 3 is 2.62 bits per heavy atom. The van der Waals surface area contributed by atoms with Crippen LogP contribution in [0.2, 0.25) is 0 Å². The van der Waals surface area contributed by atoms with Gasteiger partial charge in [0.25, 0.3) is 5.91 Å². The smallest absolute Gasteiger partial charge is 0.306 e. The highest BCUT2D eigenvalue weighted by molar-refractivity contribution is 5.92. The van der Waals surface area contributed by atoms with Gasteiger partial charge in [-0.15, -0.1) is 0 Å². The normalized spacial score (nSPS) is 19.8. The number of aliphatic carboxylic acids is 1. The van der Waals surface area contributed by atoms with E-state index >= 15 is 0 Å². The molecule has 7 nitrogen and oxygen atoms in total. The van der Waals surface area contributed by atoms with Crippen LogP contribution in [0, 0.1) is 12.8 Å². The summed E-state index contributed by atoms with van der Waals surface area (Å²) in [5.74, 6) is -0.608. The quantitative estimate of drug-likeness (QED) is 0.858. The first-order valence-corrected chi connectivity index (χ1v) is 8.72. The highest BCUT2D eigenvalue weighted by atomic mass is 16.5. The molecule has 0 unspecified atom stereocenters. The molecular formula is C19H23N3O4. The summed E-state index contributed by atoms with van der Waals surface area (Å²) in [6, 6.07) is 7.43. The van der Waals surface area contributed by atoms with E-state index in [-0.39, 0.29) is 17.9 Å². The molecule has 7 heteroatoms. The maximum Gasteiger partial charge on any atom is 0.306 e. The van der Waals surface area contributed by atoms with Crippen LogP contribution in [0.25, 0.3) is 5.69 Å². The van der Waals surface area contributed by atoms with Gasteiger partial charge < -0.3 is 15.2 Å². The Kier molecular flexibility index (Phi) is 5.25. The number of aryl methyl sites for hydroxylation is 1. The molecular weight excluding hydrogens is 334 g/mol. The molecule has 1 aromatic carbocycles. The number of aromatic nitrogens is 2. The molecule has 1 saturated carbocycles. The van der Waals surface area contributed by atoms with Crippen molar-refractivity contribution in [3.05, 3.63) is 41.7 Å². The number of carbonyl (C=O) groups is 2. The molecule has 2 N–H and O–H groups in total. The Bertz CT molecular complexity index is 807. The summed E-state index contributed by atoms with van der Waals surface area (Å²) in [6.45, 7) is 1.98. The Labute approximate surface area is 152 Å². The number of hydrogen-bond acceptors (Lipinski definition) is 4. The number of carbonyl (C=O) groups excluding carboxylic acids is 1. The maximum absolute atomic E-state index is 12.5. The van der Waals surface area contributed by atoms with Gasteiger partial charge in [0.05, 0.1) is 13.0 Å². The van der Waals surface area contributed by atoms with Crippen LogP contribution in [-0.2, 0) is 4.79 Å². The van der Waals surface area contributed by atoms with E-state index in [0.717, 1.165) is 11.3 Å². The summed E-state index contributed by atoms with van der Waals surface area (Å²) in [7, 11) is 1.60. The fourth-order valence-electron chi connectivity index (χ4n) is 3.30. The van der Waals surface area contributed by atoms with Crippen molar-refractivity contribution in [1.29, 1.82) is 0 Å². The predicted octanol–water partition coefficient (Wildman–Crippen LogP) is 2.56. The third kappa shape index (κ3) is 3.87. The van der Waals surface area contributed by atoms with Crippen LogP contribution in [0.5, 0.6) is 5.75 Å². The summed E-state index contributed by atoms with van der Waals surface area (Å²) in [6.07, 6.45) is 4.27. The van der Waals surface area contributed by atoms with Crippen molar-refractivity contribution in [2.45, 2.75) is 38.6 Å². The van der Waals surface area contributed by atoms with E-state index in [1.807, 2.05) is 25.1 Å². The molecule has 26 heavy (non-hydrogen) atoms. The average Bonchev–Trinajstić information content (AvgIpc) is 3.12. The minimum atomic E-state index is -0.749. The van der Waals surface area contributed by atoms with E-state index < -0.39 is 5.97 Å². The molecule has 0 saturated heterocycles. The monoisotopic (exact) mass is 357 g/mol. The molecule has 1 fully saturated rings. The summed E-state index contributed by atoms with van der Waals surface area (Å²) >= 11 is 0. The van der Waals surface area contributed by atoms with Gasteiger partial charge >= 0.3 is 5.97 Å². The maximum atomic E-state index is 12.5. The number of rotatable bonds is 5. The molecule has 1 aliphatic carbocycles. The van der Waals surface area contributed by atoms with Crippen molar-refractivity contribution in [3.8, 4) is 11.4 Å². The molecule has 1 heterocycles. The van der Waals surface area contributed by atoms with E-state index in [1.54, 1.807) is 24.1 Å². The van der Waals surface area contributed by atoms with Crippen molar-refractivity contribution in [2.24, 2.45) is 5.92 Å². The van der Waals surface area contributed by atoms with Crippen LogP contribution in [0.1, 0.15) is 41.7 Å². The summed E-state index contributed by atoms with van der Waals surface area (Å²) in [5.41, 5.74) is 2.17. The van der Waals surface area contributed by atoms with Crippen molar-refractivity contribution in [1.82, 2.24) is 15.1 Å². The standard InChI is InChI=1S/C19H23N3O4/c1-12-3-8-17(26-2)16(11-12)22-10-9-15(21-22)18(23)20-14-6-4-13(5-7-14)19(24)25/h3,8-11,13-14H,4-7H2,1-2H3,(H,20,23)(H,24,25). The lowest BCUT2D eigenvalue weighted by Gasteiger charge is -2.26. The Hall–Kier alpha value is -2.83. The molecule has 1 aliphatic rings. The number of ether oxygens (including phenoxy) is 1. The summed E-state index contributed by atoms with van der Waals surface area (Å²) in [5, 5.41) is 16.4. The molecule has 0 radical (unpaired) electrons. The van der Waals surface area contributed by atoms with E-state index in [2.05, 4.69) is 10.4 Å². The zero-order valence-corrected chi connectivity index (χ0v) is 14.9. The molecule has 1 aromatic heterocycles. The first kappa shape index (κ1) is 18.0. The van der Waals surface area contributed by atoms with Crippen LogP contribution < -0.4 is 10.1 Å². The molecule has 138 valence electrons. The SMILES string of the molecule is COc1ccc(C)cc1-n1ccc(C(=O)NC2CCC(C(=O)O)CC2)n1. The molecule has 0 bridgehead atoms. The van der Waals surface area contributed by atoms with Crippen molar-refractivity contribution in [3.63, 3.8) is 0 Å². The van der Waals surface area contributed by atoms with Crippen LogP contribution in [-0.4, -0.2) is 39.9 Å². The third-order valence-electron chi connectivity index (χ3n) is 4.81. The third-order valence-corrected chi connectivity index (χ3v) is 4.81. The van der Waals surface area contributed by atoms with Gasteiger partial charge in [-0.05, 0) is 56.4 Å². The zero-order chi connectivity index (χ0) is 18.7. The van der Waals surface area contributed by atoms with Gasteiger partial charge in [-0.25, -0.2) is 4.68 Å². The zero-order valence-electron chi connectivity index (χ0n) is 14.9. The van der Waals surface area contributed by atoms with Crippen LogP contribution >= 0.6 is 0 Å². The molecule has 1 amide bonds. The van der Waals surface area contributed by atoms with Gasteiger partial charge in [0, 0.05) is 12.2 Å². The first-order chi connectivity index (χ1) is 12.5. The van der Waals surface area contributed by atoms with Gasteiger partial charge in [0.2, 0.25) is 0 Å². The Balaban J connectivity index is 1.67. The first-order valence-electron chi connectivity index (χ1n) is 8.72. The van der Waals surface area contributed by atoms with Gasteiger partial charge in [0.1, 0.15) is 11.4 Å². The number of carboxylic acid groups (broad SMARTS) is 1. The van der Waals surface area contributed by atoms with Crippen LogP contribution in [0.3, 0.4) is 0 Å². The molecule has 0 aliphatic heterocycles. The van der Waals surface area contributed by atoms with Gasteiger partial charge in [-0.2, -0.15) is 5.10 Å². The molecule has 0 spiro atoms. The minimum absolute atomic E-state index is 0.00300. The van der Waals surface area contributed by atoms with Crippen molar-refractivity contribution < 1.29 is 19.4 Å². The van der Waals surface area contributed by atoms with Crippen molar-refractivity contribution >= 4 is 11.9 Å². The second-order valence-electron chi connectivity index (χ2n) is 6.68. The largest absolute Gasteiger partial charge is 0.494 e. The van der Waals surface area contributed by atoms with Gasteiger partial charge in [0.15, 0.2) is 5.69 Å². The van der Waals surface area contributed by atoms with Crippen LogP contribution in [0.15, 0.2) is 30.5 Å². The molecule has 0 atom stereocenters. The number of benzene rings is 1. The van der Waals surface area contributed by atoms with E-state index in [4.69, 9.17) is 9.84 Å². The number of amides is 1. The van der Waals surface area contributed by atoms with Gasteiger partial charge in [-0.1, -0.05) is 6.07 Å². The number of methoxy groups -OCH3 is 1. The van der Waals surface area contributed by atoms with E-state index in [9.17, 15) is 9.59 Å². The highest BCUT2D eigenvalue weighted by Gasteiger charge is 2.27. The second kappa shape index (κ2) is 7.59. The Morgan fingerprint density at radius 1 is 1.23 bits per heavy atom. The summed E-state index contributed by atoms with van der Waals surface area (Å²) < 4.78 is 6.99. The lowest BCUT2D eigenvalue weighted by molar-refractivity contribution is -0.142. The van der Waals surface area contributed by atoms with E-state index in [0.29, 0.717) is 37.1 Å². The molecule has 2 aromatic rings. The number of nitrogens with one attached hydrogen (secondary N) is 1. The number of hydrogen-bond donors (Lipinski definition) is 2. The van der Waals surface area contributed by atoms with Gasteiger partial charge in [-0.3, -0.25) is 9.59 Å². The van der Waals surface area contributed by atoms with Crippen molar-refractivity contribution in [2.75, 3.05) is 7.11 Å². The fraction of sp³-hybridized carbons (Fsp3) is 0.421. The fourth-order valence-corrected chi connectivity index (χ4v) is 3.30. The minimum Gasteiger partial charge on any atom is -0.494 e. The van der Waals surface area contributed by atoms with E-state index in [1.165, 1.54) is 0 Å². The lowest BCUT2D eigenvalue weighted by atomic mass is 9.86. The Morgan fingerprint density at radius 2 is 1.96 bits per heavy atom. The van der Waals surface area contributed by atoms with Crippen LogP contribution in [0.4, 0.5) is 0 Å².